The van der Waals surface area contributed by atoms with Crippen molar-refractivity contribution < 1.29 is 4.79 Å². The van der Waals surface area contributed by atoms with Gasteiger partial charge in [0.25, 0.3) is 0 Å². The average molecular weight is 255 g/mol. The zero-order valence-corrected chi connectivity index (χ0v) is 11.7. The van der Waals surface area contributed by atoms with Crippen LogP contribution in [0.4, 0.5) is 0 Å². The molecule has 5 heteroatoms. The zero-order valence-electron chi connectivity index (χ0n) is 10.9. The minimum absolute atomic E-state index is 0.0836. The number of carbonyl (C=O) groups is 1. The number of carbonyl (C=O) groups excluding carboxylic acids is 1. The average Bonchev–Trinajstić information content (AvgIpc) is 2.62. The fraction of sp³-hybridized carbons (Fsp3) is 0.667. The first-order valence-corrected chi connectivity index (χ1v) is 6.62. The summed E-state index contributed by atoms with van der Waals surface area (Å²) in [6, 6.07) is -0.468. The van der Waals surface area contributed by atoms with Crippen molar-refractivity contribution in [1.82, 2.24) is 10.3 Å². The van der Waals surface area contributed by atoms with E-state index in [1.54, 1.807) is 11.3 Å². The van der Waals surface area contributed by atoms with E-state index in [1.807, 2.05) is 33.2 Å². The number of aryl methyl sites for hydroxylation is 1. The van der Waals surface area contributed by atoms with Gasteiger partial charge in [-0.25, -0.2) is 4.98 Å². The van der Waals surface area contributed by atoms with E-state index >= 15 is 0 Å². The van der Waals surface area contributed by atoms with Crippen LogP contribution >= 0.6 is 11.3 Å². The van der Waals surface area contributed by atoms with Crippen molar-refractivity contribution >= 4 is 17.2 Å². The molecule has 4 nitrogen and oxygen atoms in total. The molecule has 1 aromatic rings. The van der Waals surface area contributed by atoms with Gasteiger partial charge in [0.2, 0.25) is 5.91 Å². The monoisotopic (exact) mass is 255 g/mol. The van der Waals surface area contributed by atoms with Gasteiger partial charge in [0.05, 0.1) is 17.2 Å². The van der Waals surface area contributed by atoms with Crippen LogP contribution < -0.4 is 11.1 Å². The molecule has 0 aliphatic rings. The maximum atomic E-state index is 11.8. The van der Waals surface area contributed by atoms with Crippen LogP contribution in [0.3, 0.4) is 0 Å². The minimum Gasteiger partial charge on any atom is -0.354 e. The fourth-order valence-electron chi connectivity index (χ4n) is 1.37. The number of hydrogen-bond acceptors (Lipinski definition) is 4. The number of amides is 1. The van der Waals surface area contributed by atoms with Gasteiger partial charge in [0.1, 0.15) is 0 Å². The lowest BCUT2D eigenvalue weighted by atomic mass is 9.87. The van der Waals surface area contributed by atoms with Gasteiger partial charge in [0, 0.05) is 17.8 Å². The van der Waals surface area contributed by atoms with Gasteiger partial charge in [-0.2, -0.15) is 0 Å². The molecule has 1 atom stereocenters. The molecule has 96 valence electrons. The molecule has 0 radical (unpaired) electrons. The summed E-state index contributed by atoms with van der Waals surface area (Å²) < 4.78 is 0. The Bertz CT molecular complexity index is 381. The van der Waals surface area contributed by atoms with E-state index in [2.05, 4.69) is 10.3 Å². The smallest absolute Gasteiger partial charge is 0.237 e. The maximum Gasteiger partial charge on any atom is 0.237 e. The first kappa shape index (κ1) is 14.1. The number of nitrogens with one attached hydrogen (secondary N) is 1. The third-order valence-corrected chi connectivity index (χ3v) is 3.71. The molecule has 0 fully saturated rings. The molecule has 1 rings (SSSR count). The van der Waals surface area contributed by atoms with E-state index in [-0.39, 0.29) is 11.3 Å². The van der Waals surface area contributed by atoms with E-state index in [9.17, 15) is 4.79 Å². The fourth-order valence-corrected chi connectivity index (χ4v) is 2.15. The summed E-state index contributed by atoms with van der Waals surface area (Å²) in [5, 5.41) is 2.87. The van der Waals surface area contributed by atoms with E-state index in [4.69, 9.17) is 5.73 Å². The molecule has 0 bridgehead atoms. The van der Waals surface area contributed by atoms with Crippen LogP contribution in [0.25, 0.3) is 0 Å². The second kappa shape index (κ2) is 5.60. The van der Waals surface area contributed by atoms with Gasteiger partial charge in [-0.3, -0.25) is 4.79 Å². The number of aromatic nitrogens is 1. The van der Waals surface area contributed by atoms with Crippen molar-refractivity contribution in [1.29, 1.82) is 0 Å². The molecule has 0 aromatic carbocycles. The molecule has 0 aliphatic carbocycles. The summed E-state index contributed by atoms with van der Waals surface area (Å²) >= 11 is 1.62. The Balaban J connectivity index is 2.37. The number of nitrogens with two attached hydrogens (primary N) is 1. The first-order chi connectivity index (χ1) is 7.82. The van der Waals surface area contributed by atoms with E-state index < -0.39 is 6.04 Å². The van der Waals surface area contributed by atoms with Crippen LogP contribution in [0.15, 0.2) is 5.51 Å². The SMILES string of the molecule is Cc1ncsc1CCNC(=O)[C@@H](N)C(C)(C)C. The van der Waals surface area contributed by atoms with Crippen LogP contribution in [0.5, 0.6) is 0 Å². The summed E-state index contributed by atoms with van der Waals surface area (Å²) in [6.45, 7) is 8.49. The molecule has 17 heavy (non-hydrogen) atoms. The highest BCUT2D eigenvalue weighted by Gasteiger charge is 2.26. The predicted molar refractivity (Wildman–Crippen MR) is 71.0 cm³/mol. The summed E-state index contributed by atoms with van der Waals surface area (Å²) in [7, 11) is 0. The van der Waals surface area contributed by atoms with E-state index in [1.165, 1.54) is 4.88 Å². The molecule has 3 N–H and O–H groups in total. The molecule has 1 amide bonds. The van der Waals surface area contributed by atoms with E-state index in [0.29, 0.717) is 6.54 Å². The number of nitrogens with zero attached hydrogens (tertiary/aromatic N) is 1. The zero-order chi connectivity index (χ0) is 13.1. The lowest BCUT2D eigenvalue weighted by molar-refractivity contribution is -0.124. The van der Waals surface area contributed by atoms with Gasteiger partial charge in [-0.05, 0) is 12.3 Å². The predicted octanol–water partition coefficient (Wildman–Crippen LogP) is 1.48. The van der Waals surface area contributed by atoms with Crippen molar-refractivity contribution in [3.63, 3.8) is 0 Å². The topological polar surface area (TPSA) is 68.0 Å². The Kier molecular flexibility index (Phi) is 4.65. The Labute approximate surface area is 107 Å². The first-order valence-electron chi connectivity index (χ1n) is 5.74. The molecule has 1 heterocycles. The molecular formula is C12H21N3OS. The Morgan fingerprint density at radius 3 is 2.71 bits per heavy atom. The van der Waals surface area contributed by atoms with Crippen LogP contribution in [-0.4, -0.2) is 23.5 Å². The second-order valence-corrected chi connectivity index (χ2v) is 6.18. The normalized spacial score (nSPS) is 13.5. The van der Waals surface area contributed by atoms with Gasteiger partial charge >= 0.3 is 0 Å². The molecule has 0 saturated heterocycles. The standard InChI is InChI=1S/C12H21N3OS/c1-8-9(17-7-15-8)5-6-14-11(16)10(13)12(2,3)4/h7,10H,5-6,13H2,1-4H3,(H,14,16)/t10-/m1/s1. The summed E-state index contributed by atoms with van der Waals surface area (Å²) in [5.74, 6) is -0.0836. The highest BCUT2D eigenvalue weighted by molar-refractivity contribution is 7.09. The number of rotatable bonds is 4. The molecule has 0 unspecified atom stereocenters. The lowest BCUT2D eigenvalue weighted by Crippen LogP contribution is -2.48. The van der Waals surface area contributed by atoms with Crippen LogP contribution in [0, 0.1) is 12.3 Å². The van der Waals surface area contributed by atoms with Gasteiger partial charge in [0.15, 0.2) is 0 Å². The van der Waals surface area contributed by atoms with E-state index in [0.717, 1.165) is 12.1 Å². The summed E-state index contributed by atoms with van der Waals surface area (Å²) in [6.07, 6.45) is 0.819. The van der Waals surface area contributed by atoms with Gasteiger partial charge in [-0.1, -0.05) is 20.8 Å². The largest absolute Gasteiger partial charge is 0.354 e. The highest BCUT2D eigenvalue weighted by atomic mass is 32.1. The van der Waals surface area contributed by atoms with Crippen LogP contribution in [0.1, 0.15) is 31.3 Å². The quantitative estimate of drug-likeness (QED) is 0.856. The molecule has 0 saturated carbocycles. The molecule has 1 aromatic heterocycles. The molecular weight excluding hydrogens is 234 g/mol. The molecule has 0 spiro atoms. The summed E-state index contributed by atoms with van der Waals surface area (Å²) in [5.41, 5.74) is 8.53. The van der Waals surface area contributed by atoms with Crippen molar-refractivity contribution in [2.45, 2.75) is 40.2 Å². The van der Waals surface area contributed by atoms with Gasteiger partial charge < -0.3 is 11.1 Å². The Morgan fingerprint density at radius 1 is 1.59 bits per heavy atom. The Morgan fingerprint density at radius 2 is 2.24 bits per heavy atom. The van der Waals surface area contributed by atoms with Crippen LogP contribution in [0.2, 0.25) is 0 Å². The highest BCUT2D eigenvalue weighted by Crippen LogP contribution is 2.17. The van der Waals surface area contributed by atoms with Crippen molar-refractivity contribution in [2.24, 2.45) is 11.1 Å². The number of hydrogen-bond donors (Lipinski definition) is 2. The second-order valence-electron chi connectivity index (χ2n) is 5.25. The number of thiazole rings is 1. The molecule has 0 aliphatic heterocycles. The van der Waals surface area contributed by atoms with Gasteiger partial charge in [-0.15, -0.1) is 11.3 Å². The lowest BCUT2D eigenvalue weighted by Gasteiger charge is -2.25. The van der Waals surface area contributed by atoms with Crippen molar-refractivity contribution in [3.05, 3.63) is 16.1 Å². The summed E-state index contributed by atoms with van der Waals surface area (Å²) in [4.78, 5) is 17.1. The third-order valence-electron chi connectivity index (χ3n) is 2.71. The Hall–Kier alpha value is -0.940. The minimum atomic E-state index is -0.468. The van der Waals surface area contributed by atoms with Crippen molar-refractivity contribution in [3.8, 4) is 0 Å². The third kappa shape index (κ3) is 4.09. The van der Waals surface area contributed by atoms with Crippen molar-refractivity contribution in [2.75, 3.05) is 6.54 Å². The van der Waals surface area contributed by atoms with Crippen LogP contribution in [-0.2, 0) is 11.2 Å². The maximum absolute atomic E-state index is 11.8.